The Kier molecular flexibility index (Phi) is 6.60. The molecule has 0 N–H and O–H groups in total. The number of hydrogen-bond acceptors (Lipinski definition) is 5. The Morgan fingerprint density at radius 3 is 2.16 bits per heavy atom. The number of benzene rings is 2. The number of halogens is 3. The highest BCUT2D eigenvalue weighted by Gasteiger charge is 2.49. The molecule has 0 aliphatic heterocycles. The van der Waals surface area contributed by atoms with E-state index in [1.165, 1.54) is 18.6 Å². The first-order valence-electron chi connectivity index (χ1n) is 10.6. The number of rotatable bonds is 4. The zero-order valence-corrected chi connectivity index (χ0v) is 24.2. The van der Waals surface area contributed by atoms with Crippen LogP contribution in [-0.2, 0) is 10.1 Å². The topological polar surface area (TPSA) is 83.5 Å². The highest BCUT2D eigenvalue weighted by molar-refractivity contribution is 14.1. The van der Waals surface area contributed by atoms with Gasteiger partial charge in [0.2, 0.25) is 0 Å². The summed E-state index contributed by atoms with van der Waals surface area (Å²) in [5.41, 5.74) is 0.807. The van der Waals surface area contributed by atoms with Crippen LogP contribution in [0.2, 0.25) is 0 Å². The Morgan fingerprint density at radius 1 is 0.938 bits per heavy atom. The Morgan fingerprint density at radius 2 is 1.56 bits per heavy atom. The molecule has 5 nitrogen and oxygen atoms in total. The minimum atomic E-state index is -4.64. The molecule has 0 amide bonds. The molecule has 0 saturated heterocycles. The van der Waals surface area contributed by atoms with E-state index >= 15 is 0 Å². The van der Waals surface area contributed by atoms with Gasteiger partial charge in [-0.1, -0.05) is 0 Å². The van der Waals surface area contributed by atoms with Gasteiger partial charge in [0.05, 0.1) is 14.0 Å². The van der Waals surface area contributed by atoms with E-state index in [1.807, 2.05) is 6.07 Å². The van der Waals surface area contributed by atoms with Gasteiger partial charge in [-0.3, -0.25) is 0 Å². The van der Waals surface area contributed by atoms with E-state index < -0.39 is 16.1 Å². The van der Waals surface area contributed by atoms with Crippen molar-refractivity contribution in [1.82, 2.24) is 0 Å². The maximum atomic E-state index is 13.0. The van der Waals surface area contributed by atoms with Crippen molar-refractivity contribution in [2.24, 2.45) is 23.7 Å². The molecule has 6 rings (SSSR count). The Hall–Kier alpha value is 0.01000. The number of carbonyl (C=O) groups is 1. The molecule has 9 heteroatoms. The second-order valence-electron chi connectivity index (χ2n) is 9.25. The molecule has 32 heavy (non-hydrogen) atoms. The first kappa shape index (κ1) is 23.7. The summed E-state index contributed by atoms with van der Waals surface area (Å²) in [6.07, 6.45) is 5.63. The quantitative estimate of drug-likeness (QED) is 0.122. The molecule has 0 aromatic heterocycles. The van der Waals surface area contributed by atoms with E-state index in [0.29, 0.717) is 23.1 Å². The SMILES string of the molecule is O=C(Oc1cc(I)cc(I)c1I)c1ccc(S(=O)(=O)[O-])c(C2C3CC4CC(C3)CC2C4)c1. The van der Waals surface area contributed by atoms with Gasteiger partial charge in [-0.15, -0.1) is 0 Å². The van der Waals surface area contributed by atoms with Crippen molar-refractivity contribution in [1.29, 1.82) is 0 Å². The summed E-state index contributed by atoms with van der Waals surface area (Å²) < 4.78 is 44.8. The number of ether oxygens (including phenoxy) is 1. The summed E-state index contributed by atoms with van der Waals surface area (Å²) in [7, 11) is -4.64. The highest BCUT2D eigenvalue weighted by atomic mass is 127. The second-order valence-corrected chi connectivity index (χ2v) is 14.1. The second kappa shape index (κ2) is 8.90. The zero-order chi connectivity index (χ0) is 22.8. The largest absolute Gasteiger partial charge is 0.744 e. The van der Waals surface area contributed by atoms with E-state index in [2.05, 4.69) is 67.8 Å². The lowest BCUT2D eigenvalue weighted by atomic mass is 9.50. The molecule has 0 unspecified atom stereocenters. The van der Waals surface area contributed by atoms with Crippen molar-refractivity contribution < 1.29 is 22.5 Å². The molecular weight excluding hydrogens is 769 g/mol. The molecule has 2 aromatic carbocycles. The fourth-order valence-electron chi connectivity index (χ4n) is 6.36. The lowest BCUT2D eigenvalue weighted by Gasteiger charge is -2.55. The summed E-state index contributed by atoms with van der Waals surface area (Å²) in [6.45, 7) is 0. The molecule has 4 aliphatic rings. The minimum absolute atomic E-state index is 0.0213. The van der Waals surface area contributed by atoms with Crippen LogP contribution < -0.4 is 4.74 Å². The van der Waals surface area contributed by atoms with Gasteiger partial charge < -0.3 is 9.29 Å². The fraction of sp³-hybridized carbons (Fsp3) is 0.435. The van der Waals surface area contributed by atoms with E-state index in [1.54, 1.807) is 12.1 Å². The van der Waals surface area contributed by atoms with E-state index in [0.717, 1.165) is 48.2 Å². The van der Waals surface area contributed by atoms with Gasteiger partial charge in [-0.2, -0.15) is 0 Å². The summed E-state index contributed by atoms with van der Waals surface area (Å²) in [5, 5.41) is 0. The predicted molar refractivity (Wildman–Crippen MR) is 144 cm³/mol. The summed E-state index contributed by atoms with van der Waals surface area (Å²) in [4.78, 5) is 12.9. The van der Waals surface area contributed by atoms with Crippen molar-refractivity contribution in [2.75, 3.05) is 0 Å². The predicted octanol–water partition coefficient (Wildman–Crippen LogP) is 6.16. The lowest BCUT2D eigenvalue weighted by molar-refractivity contribution is -0.00373. The third-order valence-corrected chi connectivity index (χ3v) is 11.8. The zero-order valence-electron chi connectivity index (χ0n) is 16.9. The van der Waals surface area contributed by atoms with Crippen LogP contribution in [0.1, 0.15) is 53.9 Å². The normalized spacial score (nSPS) is 28.7. The third kappa shape index (κ3) is 4.49. The van der Waals surface area contributed by atoms with Crippen molar-refractivity contribution in [3.05, 3.63) is 52.2 Å². The van der Waals surface area contributed by atoms with Crippen LogP contribution in [0, 0.1) is 34.4 Å². The van der Waals surface area contributed by atoms with Crippen molar-refractivity contribution in [2.45, 2.75) is 42.9 Å². The molecule has 2 aromatic rings. The Bertz CT molecular complexity index is 1180. The monoisotopic (exact) mass is 789 g/mol. The molecule has 0 atom stereocenters. The average molecular weight is 789 g/mol. The van der Waals surface area contributed by atoms with Gasteiger partial charge in [0.25, 0.3) is 0 Å². The molecule has 170 valence electrons. The van der Waals surface area contributed by atoms with E-state index in [9.17, 15) is 17.8 Å². The Balaban J connectivity index is 1.52. The standard InChI is InChI=1S/C23H21I3O5S/c24-16-9-18(25)22(26)19(10-16)31-23(27)13-1-2-20(32(28,29)30)17(8-13)21-14-4-11-3-12(6-14)7-15(21)5-11/h1-2,8-12,14-15,21H,3-7H2,(H,28,29,30)/p-1. The smallest absolute Gasteiger partial charge is 0.343 e. The van der Waals surface area contributed by atoms with Crippen molar-refractivity contribution in [3.8, 4) is 5.75 Å². The number of esters is 1. The summed E-state index contributed by atoms with van der Waals surface area (Å²) in [5.74, 6) is 2.17. The summed E-state index contributed by atoms with van der Waals surface area (Å²) >= 11 is 6.52. The van der Waals surface area contributed by atoms with E-state index in [-0.39, 0.29) is 16.4 Å². The van der Waals surface area contributed by atoms with Crippen molar-refractivity contribution in [3.63, 3.8) is 0 Å². The van der Waals surface area contributed by atoms with Crippen LogP contribution in [0.4, 0.5) is 0 Å². The van der Waals surface area contributed by atoms with Gasteiger partial charge in [0.1, 0.15) is 15.9 Å². The highest BCUT2D eigenvalue weighted by Crippen LogP contribution is 2.60. The maximum absolute atomic E-state index is 13.0. The summed E-state index contributed by atoms with van der Waals surface area (Å²) in [6, 6.07) is 8.13. The van der Waals surface area contributed by atoms with Gasteiger partial charge >= 0.3 is 5.97 Å². The molecule has 0 radical (unpaired) electrons. The van der Waals surface area contributed by atoms with Crippen LogP contribution in [0.5, 0.6) is 5.75 Å². The van der Waals surface area contributed by atoms with Crippen LogP contribution in [0.15, 0.2) is 35.2 Å². The van der Waals surface area contributed by atoms with Crippen LogP contribution >= 0.6 is 67.8 Å². The molecule has 0 heterocycles. The van der Waals surface area contributed by atoms with Gasteiger partial charge in [-0.05, 0) is 165 Å². The number of carbonyl (C=O) groups excluding carboxylic acids is 1. The van der Waals surface area contributed by atoms with Crippen LogP contribution in [0.3, 0.4) is 0 Å². The van der Waals surface area contributed by atoms with Crippen molar-refractivity contribution >= 4 is 83.9 Å². The van der Waals surface area contributed by atoms with E-state index in [4.69, 9.17) is 4.74 Å². The lowest BCUT2D eigenvalue weighted by Crippen LogP contribution is -2.44. The first-order chi connectivity index (χ1) is 15.1. The molecule has 0 spiro atoms. The van der Waals surface area contributed by atoms with Crippen LogP contribution in [-0.4, -0.2) is 18.9 Å². The molecule has 4 fully saturated rings. The fourth-order valence-corrected chi connectivity index (χ4v) is 9.29. The maximum Gasteiger partial charge on any atom is 0.343 e. The Labute approximate surface area is 228 Å². The van der Waals surface area contributed by atoms with Crippen LogP contribution in [0.25, 0.3) is 0 Å². The average Bonchev–Trinajstić information content (AvgIpc) is 2.70. The minimum Gasteiger partial charge on any atom is -0.744 e. The molecular formula is C23H20I3O5S-. The third-order valence-electron chi connectivity index (χ3n) is 7.26. The number of hydrogen-bond donors (Lipinski definition) is 0. The molecule has 4 aliphatic carbocycles. The molecule has 4 bridgehead atoms. The van der Waals surface area contributed by atoms with Gasteiger partial charge in [0.15, 0.2) is 0 Å². The molecule has 4 saturated carbocycles. The first-order valence-corrected chi connectivity index (χ1v) is 15.2. The van der Waals surface area contributed by atoms with Gasteiger partial charge in [-0.25, -0.2) is 13.2 Å². The van der Waals surface area contributed by atoms with Gasteiger partial charge in [0, 0.05) is 7.14 Å².